The van der Waals surface area contributed by atoms with E-state index in [2.05, 4.69) is 34.7 Å². The molecule has 56 valence electrons. The van der Waals surface area contributed by atoms with Gasteiger partial charge in [-0.15, -0.1) is 0 Å². The van der Waals surface area contributed by atoms with Crippen LogP contribution in [0, 0.1) is 34.7 Å². The molecule has 0 unspecified atom stereocenters. The Morgan fingerprint density at radius 1 is 0.818 bits per heavy atom. The molecule has 0 aromatic rings. The minimum absolute atomic E-state index is 1.63. The highest BCUT2D eigenvalue weighted by Crippen LogP contribution is 2.41. The van der Waals surface area contributed by atoms with E-state index >= 15 is 0 Å². The molecule has 2 heteroatoms. The summed E-state index contributed by atoms with van der Waals surface area (Å²) in [5.41, 5.74) is 7.56. The summed E-state index contributed by atoms with van der Waals surface area (Å²) in [4.78, 5) is 0. The van der Waals surface area contributed by atoms with Crippen LogP contribution < -0.4 is 0 Å². The summed E-state index contributed by atoms with van der Waals surface area (Å²) in [6.07, 6.45) is 0. The van der Waals surface area contributed by atoms with Crippen molar-refractivity contribution in [3.63, 3.8) is 0 Å². The minimum atomic E-state index is -2.80. The molecule has 0 N–H and O–H groups in total. The molecule has 0 heterocycles. The minimum Gasteiger partial charge on any atom is -0.282 e. The largest absolute Gasteiger partial charge is 0.291 e. The fourth-order valence-electron chi connectivity index (χ4n) is 0.556. The Bertz CT molecular complexity index is 289. The molecule has 0 saturated heterocycles. The third-order valence-electron chi connectivity index (χ3n) is 0.808. The van der Waals surface area contributed by atoms with Crippen molar-refractivity contribution in [3.05, 3.63) is 0 Å². The molecule has 0 aliphatic carbocycles. The van der Waals surface area contributed by atoms with Crippen LogP contribution in [0.25, 0.3) is 0 Å². The van der Waals surface area contributed by atoms with E-state index in [1.54, 1.807) is 20.8 Å². The van der Waals surface area contributed by atoms with Gasteiger partial charge >= 0.3 is 0 Å². The van der Waals surface area contributed by atoms with Crippen LogP contribution in [0.3, 0.4) is 0 Å². The Balaban J connectivity index is 5.00. The van der Waals surface area contributed by atoms with E-state index in [4.69, 9.17) is 0 Å². The van der Waals surface area contributed by atoms with Crippen LogP contribution >= 0.6 is 7.14 Å². The molecular formula is C9H9OP. The maximum absolute atomic E-state index is 11.5. The molecule has 0 rings (SSSR count). The average Bonchev–Trinajstić information content (AvgIpc) is 1.88. The van der Waals surface area contributed by atoms with E-state index in [1.165, 1.54) is 0 Å². The molecule has 0 aliphatic rings. The first-order chi connectivity index (χ1) is 5.18. The lowest BCUT2D eigenvalue weighted by atomic mass is 10.8. The van der Waals surface area contributed by atoms with Gasteiger partial charge in [0.05, 0.1) is 0 Å². The van der Waals surface area contributed by atoms with Crippen LogP contribution in [-0.2, 0) is 4.57 Å². The molecule has 0 atom stereocenters. The Kier molecular flexibility index (Phi) is 4.22. The van der Waals surface area contributed by atoms with Crippen LogP contribution in [0.15, 0.2) is 0 Å². The predicted molar refractivity (Wildman–Crippen MR) is 48.0 cm³/mol. The van der Waals surface area contributed by atoms with Crippen molar-refractivity contribution in [2.45, 2.75) is 20.8 Å². The standard InChI is InChI=1S/C9H9OP/c1-4-7-11(10,8-5-2)9-6-3/h1-3H3. The normalized spacial score (nSPS) is 7.55. The first-order valence-electron chi connectivity index (χ1n) is 3.10. The highest BCUT2D eigenvalue weighted by atomic mass is 31.2. The van der Waals surface area contributed by atoms with E-state index in [0.717, 1.165) is 0 Å². The number of rotatable bonds is 0. The van der Waals surface area contributed by atoms with Crippen LogP contribution in [-0.4, -0.2) is 0 Å². The van der Waals surface area contributed by atoms with E-state index in [9.17, 15) is 4.57 Å². The van der Waals surface area contributed by atoms with Crippen molar-refractivity contribution in [3.8, 4) is 34.7 Å². The zero-order valence-electron chi connectivity index (χ0n) is 6.86. The Hall–Kier alpha value is -1.09. The molecule has 0 saturated carbocycles. The van der Waals surface area contributed by atoms with Gasteiger partial charge in [-0.3, -0.25) is 4.57 Å². The summed E-state index contributed by atoms with van der Waals surface area (Å²) in [6.45, 7) is 4.88. The summed E-state index contributed by atoms with van der Waals surface area (Å²) in [6, 6.07) is 0. The summed E-state index contributed by atoms with van der Waals surface area (Å²) in [7, 11) is -2.80. The summed E-state index contributed by atoms with van der Waals surface area (Å²) in [5.74, 6) is 7.68. The molecule has 0 fully saturated rings. The second-order valence-corrected chi connectivity index (χ2v) is 3.58. The molecular weight excluding hydrogens is 155 g/mol. The predicted octanol–water partition coefficient (Wildman–Crippen LogP) is 2.29. The topological polar surface area (TPSA) is 17.1 Å². The van der Waals surface area contributed by atoms with E-state index in [-0.39, 0.29) is 0 Å². The fraction of sp³-hybridized carbons (Fsp3) is 0.333. The third-order valence-corrected chi connectivity index (χ3v) is 2.42. The monoisotopic (exact) mass is 164 g/mol. The zero-order chi connectivity index (χ0) is 8.74. The lowest BCUT2D eigenvalue weighted by molar-refractivity contribution is 0.594. The number of hydrogen-bond acceptors (Lipinski definition) is 1. The van der Waals surface area contributed by atoms with Crippen LogP contribution in [0.2, 0.25) is 0 Å². The third kappa shape index (κ3) is 3.57. The Labute approximate surface area is 67.9 Å². The lowest BCUT2D eigenvalue weighted by Crippen LogP contribution is -1.66. The van der Waals surface area contributed by atoms with Crippen molar-refractivity contribution in [2.24, 2.45) is 0 Å². The molecule has 0 radical (unpaired) electrons. The molecule has 1 nitrogen and oxygen atoms in total. The Morgan fingerprint density at radius 3 is 1.27 bits per heavy atom. The van der Waals surface area contributed by atoms with Gasteiger partial charge in [0.25, 0.3) is 7.14 Å². The van der Waals surface area contributed by atoms with Gasteiger partial charge in [-0.25, -0.2) is 0 Å². The molecule has 0 bridgehead atoms. The first kappa shape index (κ1) is 9.91. The molecule has 0 aliphatic heterocycles. The number of hydrogen-bond donors (Lipinski definition) is 0. The average molecular weight is 164 g/mol. The van der Waals surface area contributed by atoms with Gasteiger partial charge in [0.15, 0.2) is 0 Å². The van der Waals surface area contributed by atoms with Gasteiger partial charge in [-0.1, -0.05) is 17.8 Å². The second kappa shape index (κ2) is 4.68. The van der Waals surface area contributed by atoms with Crippen LogP contribution in [0.4, 0.5) is 0 Å². The molecule has 0 aromatic carbocycles. The molecule has 0 amide bonds. The van der Waals surface area contributed by atoms with Gasteiger partial charge in [-0.05, 0) is 37.8 Å². The van der Waals surface area contributed by atoms with Crippen molar-refractivity contribution >= 4 is 7.14 Å². The van der Waals surface area contributed by atoms with E-state index in [1.807, 2.05) is 0 Å². The second-order valence-electron chi connectivity index (χ2n) is 1.69. The van der Waals surface area contributed by atoms with Gasteiger partial charge < -0.3 is 0 Å². The molecule has 0 aromatic heterocycles. The fourth-order valence-corrected chi connectivity index (χ4v) is 1.67. The summed E-state index contributed by atoms with van der Waals surface area (Å²) >= 11 is 0. The molecule has 0 spiro atoms. The van der Waals surface area contributed by atoms with Crippen molar-refractivity contribution in [1.29, 1.82) is 0 Å². The van der Waals surface area contributed by atoms with Crippen molar-refractivity contribution < 1.29 is 4.57 Å². The smallest absolute Gasteiger partial charge is 0.282 e. The zero-order valence-corrected chi connectivity index (χ0v) is 7.75. The van der Waals surface area contributed by atoms with Gasteiger partial charge in [0, 0.05) is 0 Å². The highest BCUT2D eigenvalue weighted by Gasteiger charge is 2.09. The van der Waals surface area contributed by atoms with E-state index < -0.39 is 7.14 Å². The SMILES string of the molecule is CC#CP(=O)(C#CC)C#CC. The lowest BCUT2D eigenvalue weighted by Gasteiger charge is -1.88. The van der Waals surface area contributed by atoms with Crippen LogP contribution in [0.1, 0.15) is 20.8 Å². The maximum Gasteiger partial charge on any atom is 0.291 e. The van der Waals surface area contributed by atoms with Gasteiger partial charge in [-0.2, -0.15) is 0 Å². The summed E-state index contributed by atoms with van der Waals surface area (Å²) in [5, 5.41) is 0. The van der Waals surface area contributed by atoms with Crippen LogP contribution in [0.5, 0.6) is 0 Å². The first-order valence-corrected chi connectivity index (χ1v) is 4.81. The van der Waals surface area contributed by atoms with Crippen molar-refractivity contribution in [2.75, 3.05) is 0 Å². The van der Waals surface area contributed by atoms with Crippen molar-refractivity contribution in [1.82, 2.24) is 0 Å². The maximum atomic E-state index is 11.5. The highest BCUT2D eigenvalue weighted by molar-refractivity contribution is 7.78. The van der Waals surface area contributed by atoms with E-state index in [0.29, 0.717) is 0 Å². The quantitative estimate of drug-likeness (QED) is 0.396. The van der Waals surface area contributed by atoms with Gasteiger partial charge in [0.1, 0.15) is 0 Å². The van der Waals surface area contributed by atoms with Gasteiger partial charge in [0.2, 0.25) is 0 Å². The summed E-state index contributed by atoms with van der Waals surface area (Å²) < 4.78 is 11.5. The molecule has 11 heavy (non-hydrogen) atoms. The Morgan fingerprint density at radius 2 is 1.09 bits per heavy atom.